The second-order valence-corrected chi connectivity index (χ2v) is 4.73. The number of nitrogens with two attached hydrogens (primary N) is 1. The molecule has 0 fully saturated rings. The van der Waals surface area contributed by atoms with Gasteiger partial charge in [-0.05, 0) is 12.1 Å². The number of ether oxygens (including phenoxy) is 1. The molecule has 1 atom stereocenters. The van der Waals surface area contributed by atoms with Crippen LogP contribution < -0.4 is 15.4 Å². The summed E-state index contributed by atoms with van der Waals surface area (Å²) in [6.07, 6.45) is 3.85. The third-order valence-corrected chi connectivity index (χ3v) is 3.43. The second kappa shape index (κ2) is 4.88. The Bertz CT molecular complexity index is 649. The summed E-state index contributed by atoms with van der Waals surface area (Å²) < 4.78 is 7.06. The van der Waals surface area contributed by atoms with Gasteiger partial charge in [0.05, 0.1) is 25.9 Å². The molecule has 2 N–H and O–H groups in total. The zero-order chi connectivity index (χ0) is 14.1. The van der Waals surface area contributed by atoms with Crippen LogP contribution in [0, 0.1) is 0 Å². The molecule has 1 aromatic heterocycles. The van der Waals surface area contributed by atoms with E-state index in [1.165, 1.54) is 0 Å². The lowest BCUT2D eigenvalue weighted by atomic mass is 10.1. The Morgan fingerprint density at radius 1 is 1.40 bits per heavy atom. The van der Waals surface area contributed by atoms with Gasteiger partial charge in [0, 0.05) is 30.6 Å². The Morgan fingerprint density at radius 2 is 2.25 bits per heavy atom. The van der Waals surface area contributed by atoms with Crippen LogP contribution in [0.1, 0.15) is 11.6 Å². The average molecular weight is 271 g/mol. The first kappa shape index (κ1) is 12.5. The molecular weight excluding hydrogens is 254 g/mol. The first-order chi connectivity index (χ1) is 9.69. The van der Waals surface area contributed by atoms with Crippen molar-refractivity contribution in [2.24, 2.45) is 17.8 Å². The molecular formula is C14H17N5O. The summed E-state index contributed by atoms with van der Waals surface area (Å²) in [6, 6.07) is 7.89. The number of methoxy groups -OCH3 is 1. The zero-order valence-corrected chi connectivity index (χ0v) is 11.5. The van der Waals surface area contributed by atoms with Crippen molar-refractivity contribution >= 4 is 11.6 Å². The van der Waals surface area contributed by atoms with Crippen LogP contribution in [0.15, 0.2) is 41.7 Å². The maximum absolute atomic E-state index is 6.04. The van der Waals surface area contributed by atoms with Crippen LogP contribution in [-0.2, 0) is 7.05 Å². The lowest BCUT2D eigenvalue weighted by molar-refractivity contribution is 0.415. The van der Waals surface area contributed by atoms with Gasteiger partial charge in [-0.3, -0.25) is 9.67 Å². The molecule has 0 amide bonds. The van der Waals surface area contributed by atoms with Gasteiger partial charge in [0.2, 0.25) is 0 Å². The predicted molar refractivity (Wildman–Crippen MR) is 77.9 cm³/mol. The molecule has 2 aromatic rings. The van der Waals surface area contributed by atoms with Crippen molar-refractivity contribution in [2.45, 2.75) is 6.04 Å². The Kier molecular flexibility index (Phi) is 3.06. The Morgan fingerprint density at radius 3 is 2.95 bits per heavy atom. The molecule has 0 saturated carbocycles. The topological polar surface area (TPSA) is 68.7 Å². The van der Waals surface area contributed by atoms with E-state index in [4.69, 9.17) is 10.5 Å². The molecule has 0 aliphatic carbocycles. The average Bonchev–Trinajstić information content (AvgIpc) is 3.05. The van der Waals surface area contributed by atoms with Crippen molar-refractivity contribution in [3.05, 3.63) is 42.2 Å². The summed E-state index contributed by atoms with van der Waals surface area (Å²) in [4.78, 5) is 6.37. The number of aryl methyl sites for hydroxylation is 1. The summed E-state index contributed by atoms with van der Waals surface area (Å²) in [5.41, 5.74) is 8.11. The minimum absolute atomic E-state index is 0.0795. The molecule has 104 valence electrons. The molecule has 1 unspecified atom stereocenters. The molecule has 1 aliphatic rings. The fourth-order valence-electron chi connectivity index (χ4n) is 2.44. The van der Waals surface area contributed by atoms with Crippen molar-refractivity contribution in [1.82, 2.24) is 9.78 Å². The monoisotopic (exact) mass is 271 g/mol. The van der Waals surface area contributed by atoms with Crippen molar-refractivity contribution in [3.63, 3.8) is 0 Å². The van der Waals surface area contributed by atoms with Gasteiger partial charge < -0.3 is 15.4 Å². The number of nitrogens with zero attached hydrogens (tertiary/aromatic N) is 4. The lowest BCUT2D eigenvalue weighted by Gasteiger charge is -2.25. The van der Waals surface area contributed by atoms with E-state index >= 15 is 0 Å². The molecule has 0 saturated heterocycles. The van der Waals surface area contributed by atoms with E-state index in [2.05, 4.69) is 10.1 Å². The van der Waals surface area contributed by atoms with Crippen LogP contribution in [0.2, 0.25) is 0 Å². The van der Waals surface area contributed by atoms with Crippen LogP contribution in [0.4, 0.5) is 5.69 Å². The smallest absolute Gasteiger partial charge is 0.196 e. The number of guanidine groups is 1. The van der Waals surface area contributed by atoms with E-state index in [1.807, 2.05) is 48.6 Å². The second-order valence-electron chi connectivity index (χ2n) is 4.73. The summed E-state index contributed by atoms with van der Waals surface area (Å²) >= 11 is 0. The SMILES string of the molecule is COc1cccc(N2C(N)=NCC2c2cnn(C)c2)c1. The van der Waals surface area contributed by atoms with E-state index < -0.39 is 0 Å². The van der Waals surface area contributed by atoms with E-state index in [0.29, 0.717) is 12.5 Å². The predicted octanol–water partition coefficient (Wildman–Crippen LogP) is 1.30. The number of aromatic nitrogens is 2. The lowest BCUT2D eigenvalue weighted by Crippen LogP contribution is -2.36. The van der Waals surface area contributed by atoms with Crippen molar-refractivity contribution in [1.29, 1.82) is 0 Å². The third-order valence-electron chi connectivity index (χ3n) is 3.43. The normalized spacial score (nSPS) is 18.2. The van der Waals surface area contributed by atoms with Gasteiger partial charge in [0.25, 0.3) is 0 Å². The van der Waals surface area contributed by atoms with Crippen LogP contribution in [0.3, 0.4) is 0 Å². The molecule has 0 radical (unpaired) electrons. The van der Waals surface area contributed by atoms with Crippen molar-refractivity contribution in [3.8, 4) is 5.75 Å². The van der Waals surface area contributed by atoms with E-state index in [0.717, 1.165) is 17.0 Å². The fourth-order valence-corrected chi connectivity index (χ4v) is 2.44. The molecule has 6 heteroatoms. The molecule has 2 heterocycles. The number of hydrogen-bond donors (Lipinski definition) is 1. The highest BCUT2D eigenvalue weighted by molar-refractivity contribution is 5.97. The van der Waals surface area contributed by atoms with Gasteiger partial charge in [0.1, 0.15) is 5.75 Å². The maximum Gasteiger partial charge on any atom is 0.196 e. The Balaban J connectivity index is 1.97. The number of anilines is 1. The van der Waals surface area contributed by atoms with Crippen molar-refractivity contribution < 1.29 is 4.74 Å². The summed E-state index contributed by atoms with van der Waals surface area (Å²) in [6.45, 7) is 0.634. The molecule has 20 heavy (non-hydrogen) atoms. The quantitative estimate of drug-likeness (QED) is 0.913. The highest BCUT2D eigenvalue weighted by Crippen LogP contribution is 2.32. The van der Waals surface area contributed by atoms with Gasteiger partial charge in [-0.1, -0.05) is 6.07 Å². The molecule has 6 nitrogen and oxygen atoms in total. The van der Waals surface area contributed by atoms with Gasteiger partial charge in [0.15, 0.2) is 5.96 Å². The van der Waals surface area contributed by atoms with Gasteiger partial charge >= 0.3 is 0 Å². The molecule has 3 rings (SSSR count). The standard InChI is InChI=1S/C14H17N5O/c1-18-9-10(7-17-18)13-8-16-14(15)19(13)11-4-3-5-12(6-11)20-2/h3-7,9,13H,8H2,1-2H3,(H2,15,16). The van der Waals surface area contributed by atoms with E-state index in [1.54, 1.807) is 11.8 Å². The minimum atomic E-state index is 0.0795. The first-order valence-electron chi connectivity index (χ1n) is 6.41. The number of hydrogen-bond acceptors (Lipinski definition) is 5. The van der Waals surface area contributed by atoms with Crippen LogP contribution in [0.25, 0.3) is 0 Å². The van der Waals surface area contributed by atoms with Crippen LogP contribution in [-0.4, -0.2) is 29.4 Å². The fraction of sp³-hybridized carbons (Fsp3) is 0.286. The van der Waals surface area contributed by atoms with Crippen LogP contribution >= 0.6 is 0 Å². The zero-order valence-electron chi connectivity index (χ0n) is 11.5. The van der Waals surface area contributed by atoms with Gasteiger partial charge in [-0.15, -0.1) is 0 Å². The summed E-state index contributed by atoms with van der Waals surface area (Å²) in [7, 11) is 3.55. The molecule has 0 spiro atoms. The number of rotatable bonds is 3. The van der Waals surface area contributed by atoms with E-state index in [-0.39, 0.29) is 6.04 Å². The highest BCUT2D eigenvalue weighted by Gasteiger charge is 2.29. The third kappa shape index (κ3) is 2.09. The molecule has 0 bridgehead atoms. The minimum Gasteiger partial charge on any atom is -0.497 e. The maximum atomic E-state index is 6.04. The van der Waals surface area contributed by atoms with Crippen molar-refractivity contribution in [2.75, 3.05) is 18.6 Å². The van der Waals surface area contributed by atoms with Crippen LogP contribution in [0.5, 0.6) is 5.75 Å². The first-order valence-corrected chi connectivity index (χ1v) is 6.41. The van der Waals surface area contributed by atoms with Gasteiger partial charge in [-0.25, -0.2) is 0 Å². The summed E-state index contributed by atoms with van der Waals surface area (Å²) in [5, 5.41) is 4.22. The Hall–Kier alpha value is -2.50. The highest BCUT2D eigenvalue weighted by atomic mass is 16.5. The largest absolute Gasteiger partial charge is 0.497 e. The van der Waals surface area contributed by atoms with Gasteiger partial charge in [-0.2, -0.15) is 5.10 Å². The molecule has 1 aliphatic heterocycles. The number of aliphatic imine (C=N–C) groups is 1. The Labute approximate surface area is 117 Å². The summed E-state index contributed by atoms with van der Waals surface area (Å²) in [5.74, 6) is 1.32. The number of benzene rings is 1. The molecule has 1 aromatic carbocycles. The van der Waals surface area contributed by atoms with E-state index in [9.17, 15) is 0 Å².